The zero-order valence-corrected chi connectivity index (χ0v) is 16.9. The van der Waals surface area contributed by atoms with Crippen LogP contribution in [0.3, 0.4) is 0 Å². The average Bonchev–Trinajstić information content (AvgIpc) is 3.05. The molecule has 3 rings (SSSR count). The van der Waals surface area contributed by atoms with Gasteiger partial charge in [0.1, 0.15) is 0 Å². The van der Waals surface area contributed by atoms with Gasteiger partial charge in [0.05, 0.1) is 11.2 Å². The van der Waals surface area contributed by atoms with Crippen molar-refractivity contribution in [1.29, 1.82) is 0 Å². The number of carbonyl (C=O) groups is 1. The van der Waals surface area contributed by atoms with E-state index in [9.17, 15) is 13.2 Å². The molecule has 0 aromatic heterocycles. The van der Waals surface area contributed by atoms with E-state index in [0.29, 0.717) is 32.0 Å². The van der Waals surface area contributed by atoms with Crippen molar-refractivity contribution in [3.63, 3.8) is 0 Å². The van der Waals surface area contributed by atoms with E-state index in [2.05, 4.69) is 38.1 Å². The lowest BCUT2D eigenvalue weighted by atomic mass is 9.78. The minimum Gasteiger partial charge on any atom is -0.338 e. The fourth-order valence-electron chi connectivity index (χ4n) is 4.16. The molecule has 1 aromatic rings. The number of amides is 1. The Morgan fingerprint density at radius 3 is 2.42 bits per heavy atom. The van der Waals surface area contributed by atoms with E-state index in [1.807, 2.05) is 4.90 Å². The quantitative estimate of drug-likeness (QED) is 0.791. The lowest BCUT2D eigenvalue weighted by Gasteiger charge is -2.39. The van der Waals surface area contributed by atoms with E-state index in [-0.39, 0.29) is 11.7 Å². The summed E-state index contributed by atoms with van der Waals surface area (Å²) in [5.74, 6) is 0.725. The largest absolute Gasteiger partial charge is 0.338 e. The van der Waals surface area contributed by atoms with Crippen LogP contribution in [0.1, 0.15) is 57.1 Å². The van der Waals surface area contributed by atoms with E-state index in [0.717, 1.165) is 24.9 Å². The van der Waals surface area contributed by atoms with E-state index in [1.165, 1.54) is 9.87 Å². The van der Waals surface area contributed by atoms with Crippen LogP contribution < -0.4 is 0 Å². The number of likely N-dealkylation sites (tertiary alicyclic amines) is 1. The van der Waals surface area contributed by atoms with Gasteiger partial charge < -0.3 is 4.90 Å². The van der Waals surface area contributed by atoms with Crippen LogP contribution >= 0.6 is 0 Å². The van der Waals surface area contributed by atoms with Gasteiger partial charge in [0.15, 0.2) is 0 Å². The highest BCUT2D eigenvalue weighted by Gasteiger charge is 2.50. The van der Waals surface area contributed by atoms with Gasteiger partial charge in [0, 0.05) is 26.2 Å². The van der Waals surface area contributed by atoms with Crippen LogP contribution in [0.15, 0.2) is 24.3 Å². The van der Waals surface area contributed by atoms with Crippen LogP contribution in [0.4, 0.5) is 0 Å². The molecule has 1 amide bonds. The maximum Gasteiger partial charge on any atom is 0.230 e. The zero-order valence-electron chi connectivity index (χ0n) is 16.1. The molecule has 1 atom stereocenters. The van der Waals surface area contributed by atoms with Crippen molar-refractivity contribution in [2.45, 2.75) is 52.5 Å². The molecule has 1 aromatic carbocycles. The van der Waals surface area contributed by atoms with Gasteiger partial charge >= 0.3 is 0 Å². The third-order valence-electron chi connectivity index (χ3n) is 5.92. The SMILES string of the molecule is CCS(=O)(=O)N1CC[C@@]2(CCCN(Cc3ccc(C(C)C)cc3)C2=O)C1. The van der Waals surface area contributed by atoms with Crippen molar-refractivity contribution in [2.75, 3.05) is 25.4 Å². The number of carbonyl (C=O) groups excluding carboxylic acids is 1. The van der Waals surface area contributed by atoms with Gasteiger partial charge in [-0.05, 0) is 43.2 Å². The third kappa shape index (κ3) is 3.67. The Kier molecular flexibility index (Phi) is 5.45. The molecule has 0 aliphatic carbocycles. The summed E-state index contributed by atoms with van der Waals surface area (Å²) in [6.07, 6.45) is 2.38. The predicted molar refractivity (Wildman–Crippen MR) is 103 cm³/mol. The first-order valence-electron chi connectivity index (χ1n) is 9.63. The fourth-order valence-corrected chi connectivity index (χ4v) is 5.34. The summed E-state index contributed by atoms with van der Waals surface area (Å²) >= 11 is 0. The van der Waals surface area contributed by atoms with Gasteiger partial charge in [-0.25, -0.2) is 12.7 Å². The Morgan fingerprint density at radius 2 is 1.81 bits per heavy atom. The van der Waals surface area contributed by atoms with Crippen LogP contribution in [0, 0.1) is 5.41 Å². The second kappa shape index (κ2) is 7.31. The number of hydrogen-bond donors (Lipinski definition) is 0. The average molecular weight is 379 g/mol. The minimum atomic E-state index is -3.22. The molecule has 144 valence electrons. The summed E-state index contributed by atoms with van der Waals surface area (Å²) in [7, 11) is -3.22. The molecule has 1 spiro atoms. The molecule has 0 unspecified atom stereocenters. The van der Waals surface area contributed by atoms with Gasteiger partial charge in [0.25, 0.3) is 0 Å². The summed E-state index contributed by atoms with van der Waals surface area (Å²) in [5.41, 5.74) is 1.92. The van der Waals surface area contributed by atoms with Gasteiger partial charge in [0.2, 0.25) is 15.9 Å². The van der Waals surface area contributed by atoms with Crippen molar-refractivity contribution in [3.05, 3.63) is 35.4 Å². The van der Waals surface area contributed by atoms with Crippen molar-refractivity contribution < 1.29 is 13.2 Å². The lowest BCUT2D eigenvalue weighted by Crippen LogP contribution is -2.50. The Bertz CT molecular complexity index is 758. The first-order chi connectivity index (χ1) is 12.3. The fraction of sp³-hybridized carbons (Fsp3) is 0.650. The first-order valence-corrected chi connectivity index (χ1v) is 11.2. The number of sulfonamides is 1. The molecule has 26 heavy (non-hydrogen) atoms. The van der Waals surface area contributed by atoms with Crippen LogP contribution in [-0.4, -0.2) is 48.9 Å². The molecule has 0 bridgehead atoms. The highest BCUT2D eigenvalue weighted by molar-refractivity contribution is 7.89. The van der Waals surface area contributed by atoms with E-state index in [4.69, 9.17) is 0 Å². The van der Waals surface area contributed by atoms with Crippen LogP contribution in [0.25, 0.3) is 0 Å². The zero-order chi connectivity index (χ0) is 18.9. The highest BCUT2D eigenvalue weighted by atomic mass is 32.2. The monoisotopic (exact) mass is 378 g/mol. The molecule has 2 aliphatic heterocycles. The topological polar surface area (TPSA) is 57.7 Å². The molecule has 6 heteroatoms. The molecule has 2 fully saturated rings. The van der Waals surface area contributed by atoms with E-state index < -0.39 is 15.4 Å². The van der Waals surface area contributed by atoms with E-state index >= 15 is 0 Å². The maximum atomic E-state index is 13.2. The van der Waals surface area contributed by atoms with Gasteiger partial charge in [-0.3, -0.25) is 4.79 Å². The van der Waals surface area contributed by atoms with Crippen molar-refractivity contribution in [3.8, 4) is 0 Å². The molecular weight excluding hydrogens is 348 g/mol. The number of hydrogen-bond acceptors (Lipinski definition) is 3. The summed E-state index contributed by atoms with van der Waals surface area (Å²) < 4.78 is 25.9. The first kappa shape index (κ1) is 19.4. The maximum absolute atomic E-state index is 13.2. The summed E-state index contributed by atoms with van der Waals surface area (Å²) in [4.78, 5) is 15.1. The Morgan fingerprint density at radius 1 is 1.12 bits per heavy atom. The van der Waals surface area contributed by atoms with Crippen LogP contribution in [0.5, 0.6) is 0 Å². The number of nitrogens with zero attached hydrogens (tertiary/aromatic N) is 2. The standard InChI is InChI=1S/C20H30N2O3S/c1-4-26(24,25)22-13-11-20(15-22)10-5-12-21(19(20)23)14-17-6-8-18(9-7-17)16(2)3/h6-9,16H,4-5,10-15H2,1-3H3/t20-/m0/s1. The number of piperidine rings is 1. The Balaban J connectivity index is 1.72. The Hall–Kier alpha value is -1.40. The molecule has 2 saturated heterocycles. The summed E-state index contributed by atoms with van der Waals surface area (Å²) in [6, 6.07) is 8.48. The normalized spacial score (nSPS) is 24.8. The molecule has 0 N–H and O–H groups in total. The second-order valence-electron chi connectivity index (χ2n) is 7.99. The van der Waals surface area contributed by atoms with Crippen molar-refractivity contribution in [1.82, 2.24) is 9.21 Å². The molecule has 2 heterocycles. The molecule has 0 saturated carbocycles. The minimum absolute atomic E-state index is 0.100. The molecular formula is C20H30N2O3S. The molecule has 5 nitrogen and oxygen atoms in total. The van der Waals surface area contributed by atoms with Gasteiger partial charge in [-0.1, -0.05) is 38.1 Å². The summed E-state index contributed by atoms with van der Waals surface area (Å²) in [6.45, 7) is 8.19. The smallest absolute Gasteiger partial charge is 0.230 e. The Labute approximate surface area is 157 Å². The van der Waals surface area contributed by atoms with Crippen molar-refractivity contribution in [2.24, 2.45) is 5.41 Å². The van der Waals surface area contributed by atoms with Gasteiger partial charge in [-0.2, -0.15) is 0 Å². The second-order valence-corrected chi connectivity index (χ2v) is 10.2. The van der Waals surface area contributed by atoms with E-state index in [1.54, 1.807) is 6.92 Å². The third-order valence-corrected chi connectivity index (χ3v) is 7.75. The number of benzene rings is 1. The number of rotatable bonds is 5. The van der Waals surface area contributed by atoms with Crippen LogP contribution in [-0.2, 0) is 21.4 Å². The van der Waals surface area contributed by atoms with Crippen LogP contribution in [0.2, 0.25) is 0 Å². The molecule has 2 aliphatic rings. The van der Waals surface area contributed by atoms with Gasteiger partial charge in [-0.15, -0.1) is 0 Å². The highest BCUT2D eigenvalue weighted by Crippen LogP contribution is 2.41. The summed E-state index contributed by atoms with van der Waals surface area (Å²) in [5, 5.41) is 0. The lowest BCUT2D eigenvalue weighted by molar-refractivity contribution is -0.146. The molecule has 0 radical (unpaired) electrons. The predicted octanol–water partition coefficient (Wildman–Crippen LogP) is 2.97. The van der Waals surface area contributed by atoms with Crippen molar-refractivity contribution >= 4 is 15.9 Å².